The largest absolute Gasteiger partial charge is 0.508 e. The molecule has 0 amide bonds. The van der Waals surface area contributed by atoms with E-state index in [2.05, 4.69) is 9.97 Å². The first-order valence-corrected chi connectivity index (χ1v) is 6.70. The Bertz CT molecular complexity index is 571. The number of thioether (sulfide) groups is 1. The summed E-state index contributed by atoms with van der Waals surface area (Å²) in [6.45, 7) is 0. The molecule has 0 radical (unpaired) electrons. The highest BCUT2D eigenvalue weighted by Gasteiger charge is 2.19. The lowest BCUT2D eigenvalue weighted by Gasteiger charge is -2.05. The van der Waals surface area contributed by atoms with Gasteiger partial charge in [-0.05, 0) is 24.3 Å². The van der Waals surface area contributed by atoms with E-state index in [1.807, 2.05) is 0 Å². The van der Waals surface area contributed by atoms with Gasteiger partial charge in [0.1, 0.15) is 10.9 Å². The van der Waals surface area contributed by atoms with Gasteiger partial charge in [-0.1, -0.05) is 11.6 Å². The van der Waals surface area contributed by atoms with E-state index < -0.39 is 0 Å². The van der Waals surface area contributed by atoms with Gasteiger partial charge in [-0.15, -0.1) is 0 Å². The van der Waals surface area contributed by atoms with Crippen molar-refractivity contribution in [2.24, 2.45) is 0 Å². The first kappa shape index (κ1) is 10.9. The topological polar surface area (TPSA) is 46.0 Å². The molecular formula is C12H9ClN2OS. The summed E-state index contributed by atoms with van der Waals surface area (Å²) < 4.78 is 0. The maximum Gasteiger partial charge on any atom is 0.161 e. The van der Waals surface area contributed by atoms with Gasteiger partial charge in [0.05, 0.1) is 5.69 Å². The summed E-state index contributed by atoms with van der Waals surface area (Å²) in [6, 6.07) is 6.81. The molecule has 0 fully saturated rings. The number of halogens is 1. The molecular weight excluding hydrogens is 256 g/mol. The van der Waals surface area contributed by atoms with Gasteiger partial charge in [0, 0.05) is 22.6 Å². The molecule has 2 heterocycles. The second kappa shape index (κ2) is 4.20. The Kier molecular flexibility index (Phi) is 2.68. The molecule has 3 nitrogen and oxygen atoms in total. The van der Waals surface area contributed by atoms with Crippen molar-refractivity contribution in [3.05, 3.63) is 40.7 Å². The van der Waals surface area contributed by atoms with E-state index in [0.29, 0.717) is 11.0 Å². The van der Waals surface area contributed by atoms with Crippen molar-refractivity contribution in [1.29, 1.82) is 0 Å². The number of phenols is 1. The molecule has 0 unspecified atom stereocenters. The fraction of sp³-hybridized carbons (Fsp3) is 0.167. The van der Waals surface area contributed by atoms with Gasteiger partial charge in [0.25, 0.3) is 0 Å². The number of nitrogens with zero attached hydrogens (tertiary/aromatic N) is 2. The van der Waals surface area contributed by atoms with Crippen LogP contribution >= 0.6 is 23.4 Å². The zero-order valence-corrected chi connectivity index (χ0v) is 10.4. The van der Waals surface area contributed by atoms with Crippen molar-refractivity contribution in [2.75, 3.05) is 0 Å². The Morgan fingerprint density at radius 3 is 2.65 bits per heavy atom. The maximum atomic E-state index is 9.24. The molecule has 0 bridgehead atoms. The average Bonchev–Trinajstić information content (AvgIpc) is 2.78. The molecule has 0 saturated carbocycles. The minimum absolute atomic E-state index is 0.233. The third-order valence-electron chi connectivity index (χ3n) is 2.65. The van der Waals surface area contributed by atoms with Gasteiger partial charge < -0.3 is 5.11 Å². The number of phenolic OH excluding ortho intramolecular Hbond substituents is 1. The van der Waals surface area contributed by atoms with E-state index in [4.69, 9.17) is 11.6 Å². The van der Waals surface area contributed by atoms with Gasteiger partial charge in [0.2, 0.25) is 0 Å². The molecule has 17 heavy (non-hydrogen) atoms. The normalized spacial score (nSPS) is 13.7. The van der Waals surface area contributed by atoms with E-state index in [1.165, 1.54) is 0 Å². The van der Waals surface area contributed by atoms with Gasteiger partial charge >= 0.3 is 0 Å². The van der Waals surface area contributed by atoms with Crippen molar-refractivity contribution < 1.29 is 5.11 Å². The number of rotatable bonds is 1. The number of aromatic hydroxyl groups is 1. The summed E-state index contributed by atoms with van der Waals surface area (Å²) in [6.07, 6.45) is 0. The SMILES string of the molecule is Oc1ccc(-c2nc(Cl)c3c(n2)CSC3)cc1. The van der Waals surface area contributed by atoms with Crippen molar-refractivity contribution in [3.8, 4) is 17.1 Å². The molecule has 1 N–H and O–H groups in total. The predicted molar refractivity (Wildman–Crippen MR) is 69.1 cm³/mol. The molecule has 0 atom stereocenters. The maximum absolute atomic E-state index is 9.24. The summed E-state index contributed by atoms with van der Waals surface area (Å²) in [5.41, 5.74) is 2.95. The Balaban J connectivity index is 2.10. The van der Waals surface area contributed by atoms with Crippen LogP contribution in [-0.2, 0) is 11.5 Å². The molecule has 5 heteroatoms. The summed E-state index contributed by atoms with van der Waals surface area (Å²) in [7, 11) is 0. The predicted octanol–water partition coefficient (Wildman–Crippen LogP) is 3.25. The van der Waals surface area contributed by atoms with E-state index >= 15 is 0 Å². The van der Waals surface area contributed by atoms with Crippen LogP contribution in [0.1, 0.15) is 11.3 Å². The molecule has 1 aliphatic heterocycles. The van der Waals surface area contributed by atoms with Crippen LogP contribution in [0.4, 0.5) is 0 Å². The molecule has 0 saturated heterocycles. The number of benzene rings is 1. The highest BCUT2D eigenvalue weighted by Crippen LogP contribution is 2.34. The highest BCUT2D eigenvalue weighted by molar-refractivity contribution is 7.98. The van der Waals surface area contributed by atoms with E-state index in [1.54, 1.807) is 36.0 Å². The first-order chi connectivity index (χ1) is 8.24. The number of hydrogen-bond donors (Lipinski definition) is 1. The van der Waals surface area contributed by atoms with Crippen LogP contribution in [0.15, 0.2) is 24.3 Å². The fourth-order valence-corrected chi connectivity index (χ4v) is 3.13. The lowest BCUT2D eigenvalue weighted by molar-refractivity contribution is 0.475. The lowest BCUT2D eigenvalue weighted by atomic mass is 10.2. The zero-order chi connectivity index (χ0) is 11.8. The summed E-state index contributed by atoms with van der Waals surface area (Å²) in [5, 5.41) is 9.79. The monoisotopic (exact) mass is 264 g/mol. The zero-order valence-electron chi connectivity index (χ0n) is 8.85. The van der Waals surface area contributed by atoms with Crippen molar-refractivity contribution in [3.63, 3.8) is 0 Å². The molecule has 1 aromatic heterocycles. The second-order valence-corrected chi connectivity index (χ2v) is 5.15. The van der Waals surface area contributed by atoms with Crippen LogP contribution in [-0.4, -0.2) is 15.1 Å². The third-order valence-corrected chi connectivity index (χ3v) is 3.94. The minimum atomic E-state index is 0.233. The standard InChI is InChI=1S/C12H9ClN2OS/c13-11-9-5-17-6-10(9)14-12(15-11)7-1-3-8(16)4-2-7/h1-4,16H,5-6H2. The summed E-state index contributed by atoms with van der Waals surface area (Å²) in [5.74, 6) is 2.64. The van der Waals surface area contributed by atoms with Gasteiger partial charge in [-0.2, -0.15) is 11.8 Å². The average molecular weight is 265 g/mol. The van der Waals surface area contributed by atoms with E-state index in [9.17, 15) is 5.11 Å². The molecule has 3 rings (SSSR count). The summed E-state index contributed by atoms with van der Waals surface area (Å²) in [4.78, 5) is 8.82. The third kappa shape index (κ3) is 1.98. The molecule has 1 aromatic carbocycles. The second-order valence-electron chi connectivity index (χ2n) is 3.80. The smallest absolute Gasteiger partial charge is 0.161 e. The first-order valence-electron chi connectivity index (χ1n) is 5.16. The van der Waals surface area contributed by atoms with Crippen LogP contribution < -0.4 is 0 Å². The lowest BCUT2D eigenvalue weighted by Crippen LogP contribution is -1.97. The molecule has 0 aliphatic carbocycles. The highest BCUT2D eigenvalue weighted by atomic mass is 35.5. The fourth-order valence-electron chi connectivity index (χ4n) is 1.75. The van der Waals surface area contributed by atoms with Crippen molar-refractivity contribution in [1.82, 2.24) is 9.97 Å². The van der Waals surface area contributed by atoms with Gasteiger partial charge in [0.15, 0.2) is 5.82 Å². The number of aromatic nitrogens is 2. The number of fused-ring (bicyclic) bond motifs is 1. The Labute approximate surface area is 108 Å². The van der Waals surface area contributed by atoms with E-state index in [0.717, 1.165) is 28.3 Å². The Hall–Kier alpha value is -1.26. The Morgan fingerprint density at radius 2 is 1.88 bits per heavy atom. The van der Waals surface area contributed by atoms with Crippen LogP contribution in [0.25, 0.3) is 11.4 Å². The molecule has 2 aromatic rings. The quantitative estimate of drug-likeness (QED) is 0.803. The van der Waals surface area contributed by atoms with Crippen LogP contribution in [0.5, 0.6) is 5.75 Å². The van der Waals surface area contributed by atoms with E-state index in [-0.39, 0.29) is 5.75 Å². The number of hydrogen-bond acceptors (Lipinski definition) is 4. The van der Waals surface area contributed by atoms with Crippen LogP contribution in [0.3, 0.4) is 0 Å². The van der Waals surface area contributed by atoms with Gasteiger partial charge in [-0.3, -0.25) is 0 Å². The Morgan fingerprint density at radius 1 is 1.12 bits per heavy atom. The van der Waals surface area contributed by atoms with Crippen LogP contribution in [0, 0.1) is 0 Å². The van der Waals surface area contributed by atoms with Gasteiger partial charge in [-0.25, -0.2) is 9.97 Å². The van der Waals surface area contributed by atoms with Crippen LogP contribution in [0.2, 0.25) is 5.15 Å². The van der Waals surface area contributed by atoms with Crippen molar-refractivity contribution in [2.45, 2.75) is 11.5 Å². The van der Waals surface area contributed by atoms with Crippen molar-refractivity contribution >= 4 is 23.4 Å². The molecule has 1 aliphatic rings. The summed E-state index contributed by atoms with van der Waals surface area (Å²) >= 11 is 7.94. The minimum Gasteiger partial charge on any atom is -0.508 e. The molecule has 0 spiro atoms. The molecule has 86 valence electrons.